The van der Waals surface area contributed by atoms with Crippen LogP contribution in [0.15, 0.2) is 0 Å². The molecule has 2 heterocycles. The van der Waals surface area contributed by atoms with Crippen LogP contribution in [0.25, 0.3) is 0 Å². The highest BCUT2D eigenvalue weighted by atomic mass is 16.5. The number of aromatic nitrogens is 2. The van der Waals surface area contributed by atoms with E-state index in [1.165, 1.54) is 30.5 Å². The molecule has 1 saturated heterocycles. The summed E-state index contributed by atoms with van der Waals surface area (Å²) in [6.45, 7) is 4.86. The third-order valence-corrected chi connectivity index (χ3v) is 4.19. The molecule has 0 saturated carbocycles. The molecule has 0 radical (unpaired) electrons. The van der Waals surface area contributed by atoms with Gasteiger partial charge in [0, 0.05) is 37.4 Å². The standard InChI is InChI=1S/C15H23N3O/c1-11-16-14-6-4-3-5-13(14)15(17-11)18(2)9-12-7-8-19-10-12/h12H,3-10H2,1-2H3. The van der Waals surface area contributed by atoms with E-state index < -0.39 is 0 Å². The van der Waals surface area contributed by atoms with Gasteiger partial charge in [-0.05, 0) is 39.0 Å². The van der Waals surface area contributed by atoms with Gasteiger partial charge in [0.05, 0.1) is 6.61 Å². The van der Waals surface area contributed by atoms with Crippen molar-refractivity contribution in [3.8, 4) is 0 Å². The van der Waals surface area contributed by atoms with E-state index in [1.807, 2.05) is 6.92 Å². The fraction of sp³-hybridized carbons (Fsp3) is 0.733. The normalized spacial score (nSPS) is 22.3. The Morgan fingerprint density at radius 3 is 2.89 bits per heavy atom. The highest BCUT2D eigenvalue weighted by Gasteiger charge is 2.22. The van der Waals surface area contributed by atoms with Crippen LogP contribution in [0, 0.1) is 12.8 Å². The molecule has 1 atom stereocenters. The van der Waals surface area contributed by atoms with E-state index in [-0.39, 0.29) is 0 Å². The van der Waals surface area contributed by atoms with Gasteiger partial charge in [-0.15, -0.1) is 0 Å². The Kier molecular flexibility index (Phi) is 3.69. The molecule has 1 aliphatic carbocycles. The van der Waals surface area contributed by atoms with Crippen LogP contribution in [-0.4, -0.2) is 36.8 Å². The summed E-state index contributed by atoms with van der Waals surface area (Å²) in [5.74, 6) is 2.72. The molecule has 1 aromatic rings. The van der Waals surface area contributed by atoms with Crippen LogP contribution in [0.2, 0.25) is 0 Å². The first-order valence-electron chi connectivity index (χ1n) is 7.39. The molecular weight excluding hydrogens is 238 g/mol. The van der Waals surface area contributed by atoms with Crippen molar-refractivity contribution < 1.29 is 4.74 Å². The Bertz CT molecular complexity index is 455. The lowest BCUT2D eigenvalue weighted by Gasteiger charge is -2.27. The van der Waals surface area contributed by atoms with Gasteiger partial charge < -0.3 is 9.64 Å². The van der Waals surface area contributed by atoms with Crippen molar-refractivity contribution in [3.05, 3.63) is 17.1 Å². The minimum atomic E-state index is 0.652. The lowest BCUT2D eigenvalue weighted by molar-refractivity contribution is 0.186. The van der Waals surface area contributed by atoms with Crippen molar-refractivity contribution in [2.45, 2.75) is 39.0 Å². The van der Waals surface area contributed by atoms with Crippen LogP contribution in [0.5, 0.6) is 0 Å². The molecule has 0 spiro atoms. The average Bonchev–Trinajstić information content (AvgIpc) is 2.90. The predicted octanol–water partition coefficient (Wildman–Crippen LogP) is 2.14. The molecule has 0 aromatic carbocycles. The number of anilines is 1. The fourth-order valence-corrected chi connectivity index (χ4v) is 3.21. The quantitative estimate of drug-likeness (QED) is 0.835. The summed E-state index contributed by atoms with van der Waals surface area (Å²) in [6.07, 6.45) is 5.97. The van der Waals surface area contributed by atoms with Crippen LogP contribution >= 0.6 is 0 Å². The highest BCUT2D eigenvalue weighted by Crippen LogP contribution is 2.28. The topological polar surface area (TPSA) is 38.2 Å². The molecule has 3 rings (SSSR count). The number of hydrogen-bond donors (Lipinski definition) is 0. The van der Waals surface area contributed by atoms with Crippen molar-refractivity contribution in [2.75, 3.05) is 31.7 Å². The molecule has 104 valence electrons. The zero-order valence-corrected chi connectivity index (χ0v) is 12.0. The van der Waals surface area contributed by atoms with Crippen molar-refractivity contribution in [3.63, 3.8) is 0 Å². The maximum atomic E-state index is 5.47. The Labute approximate surface area is 115 Å². The van der Waals surface area contributed by atoms with Crippen LogP contribution in [-0.2, 0) is 17.6 Å². The van der Waals surface area contributed by atoms with Gasteiger partial charge in [-0.2, -0.15) is 0 Å². The minimum absolute atomic E-state index is 0.652. The van der Waals surface area contributed by atoms with Crippen molar-refractivity contribution >= 4 is 5.82 Å². The molecule has 4 nitrogen and oxygen atoms in total. The summed E-state index contributed by atoms with van der Waals surface area (Å²) in [7, 11) is 2.16. The Morgan fingerprint density at radius 1 is 1.26 bits per heavy atom. The van der Waals surface area contributed by atoms with Gasteiger partial charge in [-0.3, -0.25) is 0 Å². The second-order valence-electron chi connectivity index (χ2n) is 5.84. The summed E-state index contributed by atoms with van der Waals surface area (Å²) in [6, 6.07) is 0. The monoisotopic (exact) mass is 261 g/mol. The molecule has 0 N–H and O–H groups in total. The van der Waals surface area contributed by atoms with Gasteiger partial charge in [0.25, 0.3) is 0 Å². The number of fused-ring (bicyclic) bond motifs is 1. The van der Waals surface area contributed by atoms with Crippen LogP contribution in [0.1, 0.15) is 36.3 Å². The van der Waals surface area contributed by atoms with Gasteiger partial charge >= 0.3 is 0 Å². The number of aryl methyl sites for hydroxylation is 2. The summed E-state index contributed by atoms with van der Waals surface area (Å²) >= 11 is 0. The SMILES string of the molecule is Cc1nc2c(c(N(C)CC3CCOC3)n1)CCCC2. The summed E-state index contributed by atoms with van der Waals surface area (Å²) in [5, 5.41) is 0. The molecule has 19 heavy (non-hydrogen) atoms. The third-order valence-electron chi connectivity index (χ3n) is 4.19. The van der Waals surface area contributed by atoms with E-state index in [1.54, 1.807) is 0 Å². The maximum Gasteiger partial charge on any atom is 0.135 e. The van der Waals surface area contributed by atoms with E-state index in [2.05, 4.69) is 16.9 Å². The van der Waals surface area contributed by atoms with Gasteiger partial charge in [0.2, 0.25) is 0 Å². The molecule has 1 aromatic heterocycles. The van der Waals surface area contributed by atoms with Gasteiger partial charge in [0.1, 0.15) is 11.6 Å². The van der Waals surface area contributed by atoms with E-state index in [0.29, 0.717) is 5.92 Å². The first kappa shape index (κ1) is 12.9. The first-order valence-corrected chi connectivity index (χ1v) is 7.39. The van der Waals surface area contributed by atoms with Crippen LogP contribution < -0.4 is 4.90 Å². The smallest absolute Gasteiger partial charge is 0.135 e. The van der Waals surface area contributed by atoms with Gasteiger partial charge in [-0.25, -0.2) is 9.97 Å². The van der Waals surface area contributed by atoms with Gasteiger partial charge in [0.15, 0.2) is 0 Å². The van der Waals surface area contributed by atoms with E-state index in [0.717, 1.165) is 44.2 Å². The summed E-state index contributed by atoms with van der Waals surface area (Å²) < 4.78 is 5.47. The largest absolute Gasteiger partial charge is 0.381 e. The fourth-order valence-electron chi connectivity index (χ4n) is 3.21. The zero-order valence-electron chi connectivity index (χ0n) is 12.0. The average molecular weight is 261 g/mol. The van der Waals surface area contributed by atoms with E-state index >= 15 is 0 Å². The summed E-state index contributed by atoms with van der Waals surface area (Å²) in [4.78, 5) is 11.6. The lowest BCUT2D eigenvalue weighted by Crippen LogP contribution is -2.29. The number of ether oxygens (including phenoxy) is 1. The Morgan fingerprint density at radius 2 is 2.11 bits per heavy atom. The molecule has 0 amide bonds. The van der Waals surface area contributed by atoms with Crippen LogP contribution in [0.4, 0.5) is 5.82 Å². The van der Waals surface area contributed by atoms with Crippen LogP contribution in [0.3, 0.4) is 0 Å². The molecule has 4 heteroatoms. The first-order chi connectivity index (χ1) is 9.24. The Hall–Kier alpha value is -1.16. The predicted molar refractivity (Wildman–Crippen MR) is 75.6 cm³/mol. The lowest BCUT2D eigenvalue weighted by atomic mass is 9.96. The molecule has 0 bridgehead atoms. The third kappa shape index (κ3) is 2.73. The number of nitrogens with zero attached hydrogens (tertiary/aromatic N) is 3. The Balaban J connectivity index is 1.83. The summed E-state index contributed by atoms with van der Waals surface area (Å²) in [5.41, 5.74) is 2.67. The van der Waals surface area contributed by atoms with Crippen molar-refractivity contribution in [2.24, 2.45) is 5.92 Å². The molecular formula is C15H23N3O. The number of hydrogen-bond acceptors (Lipinski definition) is 4. The zero-order chi connectivity index (χ0) is 13.2. The molecule has 1 fully saturated rings. The number of rotatable bonds is 3. The van der Waals surface area contributed by atoms with E-state index in [9.17, 15) is 0 Å². The van der Waals surface area contributed by atoms with Gasteiger partial charge in [-0.1, -0.05) is 0 Å². The van der Waals surface area contributed by atoms with Crippen molar-refractivity contribution in [1.29, 1.82) is 0 Å². The second-order valence-corrected chi connectivity index (χ2v) is 5.84. The minimum Gasteiger partial charge on any atom is -0.381 e. The second kappa shape index (κ2) is 5.45. The van der Waals surface area contributed by atoms with Crippen molar-refractivity contribution in [1.82, 2.24) is 9.97 Å². The molecule has 2 aliphatic rings. The maximum absolute atomic E-state index is 5.47. The molecule has 1 unspecified atom stereocenters. The highest BCUT2D eigenvalue weighted by molar-refractivity contribution is 5.49. The molecule has 1 aliphatic heterocycles. The van der Waals surface area contributed by atoms with E-state index in [4.69, 9.17) is 9.72 Å².